The van der Waals surface area contributed by atoms with Crippen LogP contribution in [0.15, 0.2) is 36.9 Å². The molecule has 1 fully saturated rings. The molecule has 2 heterocycles. The molecule has 0 bridgehead atoms. The average Bonchev–Trinajstić information content (AvgIpc) is 3.15. The van der Waals surface area contributed by atoms with E-state index < -0.39 is 0 Å². The quantitative estimate of drug-likeness (QED) is 0.640. The van der Waals surface area contributed by atoms with Gasteiger partial charge >= 0.3 is 0 Å². The van der Waals surface area contributed by atoms with E-state index >= 15 is 0 Å². The van der Waals surface area contributed by atoms with Crippen LogP contribution >= 0.6 is 11.3 Å². The van der Waals surface area contributed by atoms with Gasteiger partial charge in [-0.2, -0.15) is 0 Å². The van der Waals surface area contributed by atoms with Crippen LogP contribution in [-0.4, -0.2) is 20.9 Å². The number of carbonyl (C=O) groups is 1. The number of anilines is 1. The van der Waals surface area contributed by atoms with Gasteiger partial charge in [0.2, 0.25) is 5.91 Å². The van der Waals surface area contributed by atoms with Gasteiger partial charge in [-0.15, -0.1) is 0 Å². The number of nitrogens with zero attached hydrogens (tertiary/aromatic N) is 4. The Balaban J connectivity index is 1.69. The molecule has 0 unspecified atom stereocenters. The van der Waals surface area contributed by atoms with Crippen molar-refractivity contribution in [3.05, 3.63) is 48.0 Å². The van der Waals surface area contributed by atoms with Gasteiger partial charge in [0.1, 0.15) is 6.33 Å². The number of aryl methyl sites for hydroxylation is 1. The molecule has 1 aliphatic carbocycles. The van der Waals surface area contributed by atoms with Gasteiger partial charge in [0.15, 0.2) is 5.13 Å². The summed E-state index contributed by atoms with van der Waals surface area (Å²) in [6.45, 7) is 2.62. The minimum absolute atomic E-state index is 0.0987. The van der Waals surface area contributed by atoms with E-state index in [1.165, 1.54) is 18.3 Å². The summed E-state index contributed by atoms with van der Waals surface area (Å²) in [7, 11) is 0. The van der Waals surface area contributed by atoms with Gasteiger partial charge in [-0.1, -0.05) is 43.6 Å². The summed E-state index contributed by atoms with van der Waals surface area (Å²) in [5.74, 6) is 0.287. The van der Waals surface area contributed by atoms with Crippen LogP contribution < -0.4 is 4.90 Å². The van der Waals surface area contributed by atoms with Crippen LogP contribution in [0.1, 0.15) is 50.2 Å². The summed E-state index contributed by atoms with van der Waals surface area (Å²) in [6.07, 6.45) is 11.5. The Morgan fingerprint density at radius 1 is 1.15 bits per heavy atom. The standard InChI is InChI=1S/C21H24N4OS/c1-2-15-8-9-18-19(10-15)27-21(24-18)25(13-16-11-22-14-23-12-16)20(26)17-6-4-3-5-7-17/h8-12,14,17H,2-7,13H2,1H3. The number of aromatic nitrogens is 3. The second-order valence-corrected chi connectivity index (χ2v) is 8.17. The Kier molecular flexibility index (Phi) is 5.43. The number of carbonyl (C=O) groups excluding carboxylic acids is 1. The molecule has 0 N–H and O–H groups in total. The fourth-order valence-corrected chi connectivity index (χ4v) is 4.73. The third-order valence-electron chi connectivity index (χ3n) is 5.26. The van der Waals surface area contributed by atoms with Crippen LogP contribution in [0, 0.1) is 5.92 Å². The number of benzene rings is 1. The minimum atomic E-state index is 0.0987. The lowest BCUT2D eigenvalue weighted by Gasteiger charge is -2.27. The van der Waals surface area contributed by atoms with Crippen LogP contribution in [0.2, 0.25) is 0 Å². The monoisotopic (exact) mass is 380 g/mol. The number of amides is 1. The van der Waals surface area contributed by atoms with Crippen molar-refractivity contribution in [3.8, 4) is 0 Å². The highest BCUT2D eigenvalue weighted by atomic mass is 32.1. The van der Waals surface area contributed by atoms with E-state index in [1.54, 1.807) is 23.7 Å². The van der Waals surface area contributed by atoms with E-state index in [9.17, 15) is 4.79 Å². The molecule has 0 radical (unpaired) electrons. The third-order valence-corrected chi connectivity index (χ3v) is 6.30. The van der Waals surface area contributed by atoms with Gasteiger partial charge in [-0.05, 0) is 37.0 Å². The maximum absolute atomic E-state index is 13.4. The second-order valence-electron chi connectivity index (χ2n) is 7.16. The number of rotatable bonds is 5. The topological polar surface area (TPSA) is 59.0 Å². The molecule has 5 nitrogen and oxygen atoms in total. The first-order valence-electron chi connectivity index (χ1n) is 9.69. The molecule has 6 heteroatoms. The molecule has 1 amide bonds. The van der Waals surface area contributed by atoms with E-state index in [0.717, 1.165) is 53.0 Å². The van der Waals surface area contributed by atoms with Crippen molar-refractivity contribution in [2.75, 3.05) is 4.90 Å². The molecule has 3 aromatic rings. The summed E-state index contributed by atoms with van der Waals surface area (Å²) in [4.78, 5) is 28.2. The van der Waals surface area contributed by atoms with Gasteiger partial charge in [-0.25, -0.2) is 15.0 Å². The van der Waals surface area contributed by atoms with E-state index in [2.05, 4.69) is 35.1 Å². The summed E-state index contributed by atoms with van der Waals surface area (Å²) in [6, 6.07) is 6.36. The molecule has 1 aliphatic rings. The Morgan fingerprint density at radius 3 is 2.67 bits per heavy atom. The van der Waals surface area contributed by atoms with Crippen LogP contribution in [0.4, 0.5) is 5.13 Å². The number of hydrogen-bond donors (Lipinski definition) is 0. The van der Waals surface area contributed by atoms with Crippen molar-refractivity contribution in [3.63, 3.8) is 0 Å². The Hall–Kier alpha value is -2.34. The molecule has 1 saturated carbocycles. The second kappa shape index (κ2) is 8.13. The molecule has 2 aromatic heterocycles. The summed E-state index contributed by atoms with van der Waals surface area (Å²) < 4.78 is 1.13. The molecule has 4 rings (SSSR count). The lowest BCUT2D eigenvalue weighted by atomic mass is 9.88. The third kappa shape index (κ3) is 4.00. The first-order chi connectivity index (χ1) is 13.2. The first-order valence-corrected chi connectivity index (χ1v) is 10.5. The highest BCUT2D eigenvalue weighted by molar-refractivity contribution is 7.22. The highest BCUT2D eigenvalue weighted by Gasteiger charge is 2.29. The fraction of sp³-hybridized carbons (Fsp3) is 0.429. The van der Waals surface area contributed by atoms with Crippen molar-refractivity contribution < 1.29 is 4.79 Å². The largest absolute Gasteiger partial charge is 0.283 e. The number of fused-ring (bicyclic) bond motifs is 1. The molecular weight excluding hydrogens is 356 g/mol. The van der Waals surface area contributed by atoms with Gasteiger partial charge in [0, 0.05) is 23.9 Å². The molecule has 0 spiro atoms. The predicted octanol–water partition coefficient (Wildman–Crippen LogP) is 4.76. The lowest BCUT2D eigenvalue weighted by molar-refractivity contribution is -0.123. The SMILES string of the molecule is CCc1ccc2nc(N(Cc3cncnc3)C(=O)C3CCCCC3)sc2c1. The van der Waals surface area contributed by atoms with Crippen LogP contribution in [-0.2, 0) is 17.8 Å². The van der Waals surface area contributed by atoms with Crippen LogP contribution in [0.5, 0.6) is 0 Å². The summed E-state index contributed by atoms with van der Waals surface area (Å²) in [5, 5.41) is 0.776. The van der Waals surface area contributed by atoms with E-state index in [1.807, 2.05) is 4.90 Å². The van der Waals surface area contributed by atoms with E-state index in [4.69, 9.17) is 4.98 Å². The molecule has 1 aromatic carbocycles. The maximum Gasteiger partial charge on any atom is 0.232 e. The van der Waals surface area contributed by atoms with Crippen molar-refractivity contribution in [1.82, 2.24) is 15.0 Å². The molecule has 27 heavy (non-hydrogen) atoms. The zero-order chi connectivity index (χ0) is 18.6. The van der Waals surface area contributed by atoms with Crippen LogP contribution in [0.25, 0.3) is 10.2 Å². The Morgan fingerprint density at radius 2 is 1.93 bits per heavy atom. The van der Waals surface area contributed by atoms with Crippen molar-refractivity contribution in [2.45, 2.75) is 52.0 Å². The van der Waals surface area contributed by atoms with Gasteiger partial charge in [-0.3, -0.25) is 9.69 Å². The number of thiazole rings is 1. The Labute approximate surface area is 163 Å². The van der Waals surface area contributed by atoms with Crippen molar-refractivity contribution >= 4 is 32.6 Å². The normalized spacial score (nSPS) is 15.1. The zero-order valence-corrected chi connectivity index (χ0v) is 16.4. The minimum Gasteiger partial charge on any atom is -0.283 e. The highest BCUT2D eigenvalue weighted by Crippen LogP contribution is 2.33. The van der Waals surface area contributed by atoms with E-state index in [-0.39, 0.29) is 11.8 Å². The molecule has 0 saturated heterocycles. The van der Waals surface area contributed by atoms with Gasteiger partial charge < -0.3 is 0 Å². The maximum atomic E-state index is 13.4. The van der Waals surface area contributed by atoms with Crippen LogP contribution in [0.3, 0.4) is 0 Å². The predicted molar refractivity (Wildman–Crippen MR) is 109 cm³/mol. The summed E-state index contributed by atoms with van der Waals surface area (Å²) >= 11 is 1.60. The number of hydrogen-bond acceptors (Lipinski definition) is 5. The molecule has 140 valence electrons. The van der Waals surface area contributed by atoms with E-state index in [0.29, 0.717) is 6.54 Å². The van der Waals surface area contributed by atoms with Gasteiger partial charge in [0.05, 0.1) is 16.8 Å². The smallest absolute Gasteiger partial charge is 0.232 e. The Bertz CT molecular complexity index is 918. The lowest BCUT2D eigenvalue weighted by Crippen LogP contribution is -2.36. The fourth-order valence-electron chi connectivity index (χ4n) is 3.70. The van der Waals surface area contributed by atoms with Gasteiger partial charge in [0.25, 0.3) is 0 Å². The zero-order valence-electron chi connectivity index (χ0n) is 15.6. The first kappa shape index (κ1) is 18.0. The molecule has 0 aliphatic heterocycles. The molecule has 0 atom stereocenters. The summed E-state index contributed by atoms with van der Waals surface area (Å²) in [5.41, 5.74) is 3.17. The molecular formula is C21H24N4OS. The van der Waals surface area contributed by atoms with Crippen molar-refractivity contribution in [1.29, 1.82) is 0 Å². The average molecular weight is 381 g/mol. The van der Waals surface area contributed by atoms with Crippen molar-refractivity contribution in [2.24, 2.45) is 5.92 Å².